The molecule has 1 unspecified atom stereocenters. The van der Waals surface area contributed by atoms with Gasteiger partial charge in [0.05, 0.1) is 7.11 Å². The van der Waals surface area contributed by atoms with E-state index < -0.39 is 0 Å². The Kier molecular flexibility index (Phi) is 5.89. The second-order valence-corrected chi connectivity index (χ2v) is 5.74. The van der Waals surface area contributed by atoms with Crippen LogP contribution in [0.5, 0.6) is 5.75 Å². The summed E-state index contributed by atoms with van der Waals surface area (Å²) in [5, 5.41) is 0.702. The molecule has 0 saturated heterocycles. The van der Waals surface area contributed by atoms with Crippen LogP contribution in [0.2, 0.25) is 5.02 Å². The smallest absolute Gasteiger partial charge is 0.168 e. The Bertz CT molecular complexity index is 601. The summed E-state index contributed by atoms with van der Waals surface area (Å²) in [6, 6.07) is 12.9. The quantitative estimate of drug-likeness (QED) is 0.669. The highest BCUT2D eigenvalue weighted by molar-refractivity contribution is 6.30. The lowest BCUT2D eigenvalue weighted by molar-refractivity contribution is 0.382. The number of methoxy groups -OCH3 is 1. The lowest BCUT2D eigenvalue weighted by atomic mass is 9.93. The van der Waals surface area contributed by atoms with Gasteiger partial charge in [-0.15, -0.1) is 11.6 Å². The summed E-state index contributed by atoms with van der Waals surface area (Å²) < 4.78 is 19.2. The molecule has 0 aliphatic carbocycles. The van der Waals surface area contributed by atoms with Crippen LogP contribution < -0.4 is 4.74 Å². The molecule has 0 radical (unpaired) electrons. The SMILES string of the molecule is COc1cccc(CC(CCl)Cc2cccc(Cl)c2)c1F. The van der Waals surface area contributed by atoms with Crippen molar-refractivity contribution >= 4 is 23.2 Å². The van der Waals surface area contributed by atoms with E-state index in [4.69, 9.17) is 27.9 Å². The highest BCUT2D eigenvalue weighted by Gasteiger charge is 2.15. The minimum absolute atomic E-state index is 0.145. The zero-order valence-electron chi connectivity index (χ0n) is 11.8. The fourth-order valence-electron chi connectivity index (χ4n) is 2.36. The maximum atomic E-state index is 14.2. The predicted molar refractivity (Wildman–Crippen MR) is 86.0 cm³/mol. The van der Waals surface area contributed by atoms with Crippen molar-refractivity contribution in [1.82, 2.24) is 0 Å². The summed E-state index contributed by atoms with van der Waals surface area (Å²) in [5.41, 5.74) is 1.73. The molecule has 2 aromatic carbocycles. The van der Waals surface area contributed by atoms with Crippen LogP contribution in [-0.2, 0) is 12.8 Å². The Morgan fingerprint density at radius 3 is 2.57 bits per heavy atom. The third-order valence-corrected chi connectivity index (χ3v) is 4.07. The summed E-state index contributed by atoms with van der Waals surface area (Å²) in [5.74, 6) is 0.569. The number of hydrogen-bond acceptors (Lipinski definition) is 1. The molecule has 0 N–H and O–H groups in total. The maximum Gasteiger partial charge on any atom is 0.168 e. The van der Waals surface area contributed by atoms with Crippen LogP contribution >= 0.6 is 23.2 Å². The average Bonchev–Trinajstić information content (AvgIpc) is 2.48. The molecule has 0 aliphatic rings. The Morgan fingerprint density at radius 1 is 1.14 bits per heavy atom. The number of halogens is 3. The molecule has 0 amide bonds. The van der Waals surface area contributed by atoms with Gasteiger partial charge in [-0.05, 0) is 48.1 Å². The molecule has 0 spiro atoms. The van der Waals surface area contributed by atoms with Crippen molar-refractivity contribution in [3.63, 3.8) is 0 Å². The minimum atomic E-state index is -0.304. The molecule has 112 valence electrons. The molecule has 21 heavy (non-hydrogen) atoms. The van der Waals surface area contributed by atoms with E-state index in [1.165, 1.54) is 7.11 Å². The molecule has 0 bridgehead atoms. The Hall–Kier alpha value is -1.25. The van der Waals surface area contributed by atoms with Crippen molar-refractivity contribution < 1.29 is 9.13 Å². The minimum Gasteiger partial charge on any atom is -0.494 e. The second-order valence-electron chi connectivity index (χ2n) is 4.99. The first-order valence-electron chi connectivity index (χ1n) is 6.75. The van der Waals surface area contributed by atoms with Gasteiger partial charge in [0, 0.05) is 10.9 Å². The fraction of sp³-hybridized carbons (Fsp3) is 0.294. The Morgan fingerprint density at radius 2 is 1.90 bits per heavy atom. The van der Waals surface area contributed by atoms with Gasteiger partial charge in [-0.2, -0.15) is 0 Å². The molecule has 2 aromatic rings. The Labute approximate surface area is 134 Å². The molecule has 1 atom stereocenters. The van der Waals surface area contributed by atoms with Crippen LogP contribution in [0, 0.1) is 11.7 Å². The van der Waals surface area contributed by atoms with Gasteiger partial charge in [0.15, 0.2) is 11.6 Å². The van der Waals surface area contributed by atoms with Gasteiger partial charge in [0.1, 0.15) is 0 Å². The van der Waals surface area contributed by atoms with Crippen molar-refractivity contribution in [3.05, 3.63) is 64.4 Å². The molecular formula is C17H17Cl2FO. The lowest BCUT2D eigenvalue weighted by Gasteiger charge is -2.15. The van der Waals surface area contributed by atoms with Crippen molar-refractivity contribution in [2.75, 3.05) is 13.0 Å². The van der Waals surface area contributed by atoms with Gasteiger partial charge in [-0.3, -0.25) is 0 Å². The van der Waals surface area contributed by atoms with Gasteiger partial charge in [0.2, 0.25) is 0 Å². The van der Waals surface area contributed by atoms with Crippen molar-refractivity contribution in [2.45, 2.75) is 12.8 Å². The molecule has 0 aromatic heterocycles. The number of hydrogen-bond donors (Lipinski definition) is 0. The highest BCUT2D eigenvalue weighted by Crippen LogP contribution is 2.24. The number of ether oxygens (including phenoxy) is 1. The predicted octanol–water partition coefficient (Wildman–Crippen LogP) is 5.13. The van der Waals surface area contributed by atoms with Crippen LogP contribution in [0.1, 0.15) is 11.1 Å². The summed E-state index contributed by atoms with van der Waals surface area (Å²) in [6.45, 7) is 0. The molecular weight excluding hydrogens is 310 g/mol. The molecule has 0 heterocycles. The summed E-state index contributed by atoms with van der Waals surface area (Å²) >= 11 is 12.0. The first-order valence-corrected chi connectivity index (χ1v) is 7.67. The van der Waals surface area contributed by atoms with Gasteiger partial charge in [0.25, 0.3) is 0 Å². The first-order chi connectivity index (χ1) is 10.1. The van der Waals surface area contributed by atoms with E-state index in [0.717, 1.165) is 12.0 Å². The molecule has 0 aliphatic heterocycles. The molecule has 1 nitrogen and oxygen atoms in total. The topological polar surface area (TPSA) is 9.23 Å². The van der Waals surface area contributed by atoms with Crippen molar-refractivity contribution in [1.29, 1.82) is 0 Å². The highest BCUT2D eigenvalue weighted by atomic mass is 35.5. The van der Waals surface area contributed by atoms with Crippen LogP contribution in [0.25, 0.3) is 0 Å². The van der Waals surface area contributed by atoms with Crippen LogP contribution in [0.3, 0.4) is 0 Å². The van der Waals surface area contributed by atoms with E-state index in [-0.39, 0.29) is 17.5 Å². The summed E-state index contributed by atoms with van der Waals surface area (Å²) in [4.78, 5) is 0. The fourth-order valence-corrected chi connectivity index (χ4v) is 2.79. The van der Waals surface area contributed by atoms with Crippen LogP contribution in [0.15, 0.2) is 42.5 Å². The largest absolute Gasteiger partial charge is 0.494 e. The summed E-state index contributed by atoms with van der Waals surface area (Å²) in [7, 11) is 1.47. The van der Waals surface area contributed by atoms with E-state index in [1.54, 1.807) is 18.2 Å². The lowest BCUT2D eigenvalue weighted by Crippen LogP contribution is -2.11. The monoisotopic (exact) mass is 326 g/mol. The van der Waals surface area contributed by atoms with E-state index in [0.29, 0.717) is 22.9 Å². The van der Waals surface area contributed by atoms with Crippen molar-refractivity contribution in [3.8, 4) is 5.75 Å². The first kappa shape index (κ1) is 16.1. The van der Waals surface area contributed by atoms with Crippen LogP contribution in [-0.4, -0.2) is 13.0 Å². The molecule has 4 heteroatoms. The maximum absolute atomic E-state index is 14.2. The van der Waals surface area contributed by atoms with E-state index in [2.05, 4.69) is 0 Å². The Balaban J connectivity index is 2.12. The normalized spacial score (nSPS) is 12.2. The van der Waals surface area contributed by atoms with Gasteiger partial charge < -0.3 is 4.74 Å². The van der Waals surface area contributed by atoms with Gasteiger partial charge in [-0.1, -0.05) is 35.9 Å². The van der Waals surface area contributed by atoms with Gasteiger partial charge in [-0.25, -0.2) is 4.39 Å². The van der Waals surface area contributed by atoms with E-state index in [9.17, 15) is 4.39 Å². The second kappa shape index (κ2) is 7.67. The van der Waals surface area contributed by atoms with Crippen LogP contribution in [0.4, 0.5) is 4.39 Å². The van der Waals surface area contributed by atoms with Gasteiger partial charge >= 0.3 is 0 Å². The third kappa shape index (κ3) is 4.36. The molecule has 0 saturated carbocycles. The van der Waals surface area contributed by atoms with Crippen molar-refractivity contribution in [2.24, 2.45) is 5.92 Å². The number of benzene rings is 2. The van der Waals surface area contributed by atoms with E-state index >= 15 is 0 Å². The standard InChI is InChI=1S/C17H17Cl2FO/c1-21-16-7-3-5-14(17(16)20)9-13(11-18)8-12-4-2-6-15(19)10-12/h2-7,10,13H,8-9,11H2,1H3. The number of alkyl halides is 1. The zero-order chi connectivity index (χ0) is 15.2. The third-order valence-electron chi connectivity index (χ3n) is 3.40. The summed E-state index contributed by atoms with van der Waals surface area (Å²) in [6.07, 6.45) is 1.33. The number of rotatable bonds is 6. The van der Waals surface area contributed by atoms with E-state index in [1.807, 2.05) is 24.3 Å². The molecule has 2 rings (SSSR count). The molecule has 0 fully saturated rings. The average molecular weight is 327 g/mol. The zero-order valence-corrected chi connectivity index (χ0v) is 13.3.